The Morgan fingerprint density at radius 2 is 1.32 bits per heavy atom. The van der Waals surface area contributed by atoms with Gasteiger partial charge in [0.05, 0.1) is 5.69 Å². The van der Waals surface area contributed by atoms with E-state index in [1.807, 2.05) is 99.8 Å². The van der Waals surface area contributed by atoms with Gasteiger partial charge in [-0.3, -0.25) is 9.59 Å². The molecule has 11 heteroatoms. The molecule has 0 aliphatic rings. The average molecular weight is 708 g/mol. The van der Waals surface area contributed by atoms with Crippen molar-refractivity contribution in [3.8, 4) is 11.5 Å². The minimum absolute atomic E-state index is 0.214. The maximum atomic E-state index is 13.1. The number of anilines is 3. The standard InChI is InChI=1S/C23H26N4O2.C19H15N3O2/c1-4-5-14-25-23(29)21-19(11-8-15-24-21)26-22(28)18-12-13-20(27(2)3)17-10-7-6-9-16(17)18;1-22(2)16-10-9-14(12-6-3-4-7-13(12)16)18-21-15-8-5-11-20-17(15)19(23)24-18/h6-13,15H,4-5,14H2,1-3H3,(H,25,29)(H,26,28);3-11H,1-2H3. The van der Waals surface area contributed by atoms with Gasteiger partial charge in [-0.05, 0) is 65.7 Å². The van der Waals surface area contributed by atoms with Crippen LogP contribution in [0.15, 0.2) is 119 Å². The van der Waals surface area contributed by atoms with Crippen molar-refractivity contribution in [3.63, 3.8) is 0 Å². The molecule has 3 heterocycles. The van der Waals surface area contributed by atoms with Gasteiger partial charge >= 0.3 is 5.63 Å². The van der Waals surface area contributed by atoms with Gasteiger partial charge in [0.25, 0.3) is 11.8 Å². The van der Waals surface area contributed by atoms with Gasteiger partial charge < -0.3 is 24.9 Å². The summed E-state index contributed by atoms with van der Waals surface area (Å²) < 4.78 is 5.44. The molecular weight excluding hydrogens is 667 g/mol. The lowest BCUT2D eigenvalue weighted by molar-refractivity contribution is 0.0949. The van der Waals surface area contributed by atoms with E-state index in [1.165, 1.54) is 0 Å². The van der Waals surface area contributed by atoms with Crippen LogP contribution in [-0.4, -0.2) is 61.5 Å². The molecule has 3 aromatic heterocycles. The number of unbranched alkanes of at least 4 members (excludes halogenated alkanes) is 1. The van der Waals surface area contributed by atoms with Crippen molar-refractivity contribution in [2.24, 2.45) is 0 Å². The maximum Gasteiger partial charge on any atom is 0.365 e. The van der Waals surface area contributed by atoms with Crippen molar-refractivity contribution in [3.05, 3.63) is 131 Å². The van der Waals surface area contributed by atoms with Gasteiger partial charge in [-0.1, -0.05) is 61.9 Å². The number of nitrogens with zero attached hydrogens (tertiary/aromatic N) is 5. The number of nitrogens with one attached hydrogen (secondary N) is 2. The normalized spacial score (nSPS) is 10.8. The summed E-state index contributed by atoms with van der Waals surface area (Å²) in [6, 6.07) is 30.4. The van der Waals surface area contributed by atoms with Crippen LogP contribution in [0.1, 0.15) is 40.6 Å². The van der Waals surface area contributed by atoms with E-state index in [-0.39, 0.29) is 23.0 Å². The van der Waals surface area contributed by atoms with Gasteiger partial charge in [-0.2, -0.15) is 0 Å². The third kappa shape index (κ3) is 7.84. The Morgan fingerprint density at radius 3 is 2.02 bits per heavy atom. The molecule has 0 aliphatic heterocycles. The number of carbonyl (C=O) groups is 2. The molecule has 4 aromatic carbocycles. The summed E-state index contributed by atoms with van der Waals surface area (Å²) in [4.78, 5) is 54.5. The predicted molar refractivity (Wildman–Crippen MR) is 213 cm³/mol. The highest BCUT2D eigenvalue weighted by molar-refractivity contribution is 6.16. The first-order valence-electron chi connectivity index (χ1n) is 17.4. The van der Waals surface area contributed by atoms with E-state index in [0.717, 1.165) is 51.3 Å². The summed E-state index contributed by atoms with van der Waals surface area (Å²) in [6.45, 7) is 2.64. The Bertz CT molecular complexity index is 2490. The van der Waals surface area contributed by atoms with Crippen molar-refractivity contribution >= 4 is 61.5 Å². The van der Waals surface area contributed by atoms with E-state index in [9.17, 15) is 14.4 Å². The highest BCUT2D eigenvalue weighted by atomic mass is 16.4. The van der Waals surface area contributed by atoms with Crippen LogP contribution in [0.2, 0.25) is 0 Å². The molecule has 0 saturated carbocycles. The quantitative estimate of drug-likeness (QED) is 0.146. The molecular formula is C42H41N7O4. The molecule has 2 amide bonds. The van der Waals surface area contributed by atoms with E-state index >= 15 is 0 Å². The summed E-state index contributed by atoms with van der Waals surface area (Å²) in [5, 5.41) is 9.63. The zero-order chi connectivity index (χ0) is 37.5. The van der Waals surface area contributed by atoms with Crippen molar-refractivity contribution in [1.82, 2.24) is 20.3 Å². The lowest BCUT2D eigenvalue weighted by Gasteiger charge is -2.17. The summed E-state index contributed by atoms with van der Waals surface area (Å²) in [6.07, 6.45) is 4.99. The fourth-order valence-electron chi connectivity index (χ4n) is 6.10. The van der Waals surface area contributed by atoms with Gasteiger partial charge in [-0.25, -0.2) is 19.7 Å². The summed E-state index contributed by atoms with van der Waals surface area (Å²) >= 11 is 0. The molecule has 7 aromatic rings. The molecule has 0 bridgehead atoms. The summed E-state index contributed by atoms with van der Waals surface area (Å²) in [5.74, 6) is -0.258. The van der Waals surface area contributed by atoms with E-state index in [1.54, 1.807) is 36.7 Å². The second kappa shape index (κ2) is 16.2. The SMILES string of the molecule is CCCCNC(=O)c1ncccc1NC(=O)c1ccc(N(C)C)c2ccccc12.CN(C)c1ccc(-c2nc3cccnc3c(=O)o2)c2ccccc12. The lowest BCUT2D eigenvalue weighted by Crippen LogP contribution is -2.27. The lowest BCUT2D eigenvalue weighted by atomic mass is 10.0. The molecule has 0 aliphatic carbocycles. The van der Waals surface area contributed by atoms with Crippen LogP contribution in [0, 0.1) is 0 Å². The van der Waals surface area contributed by atoms with E-state index in [4.69, 9.17) is 4.42 Å². The third-order valence-electron chi connectivity index (χ3n) is 8.72. The van der Waals surface area contributed by atoms with E-state index < -0.39 is 5.63 Å². The largest absolute Gasteiger partial charge is 0.402 e. The molecule has 53 heavy (non-hydrogen) atoms. The number of fused-ring (bicyclic) bond motifs is 3. The minimum Gasteiger partial charge on any atom is -0.402 e. The van der Waals surface area contributed by atoms with Crippen LogP contribution >= 0.6 is 0 Å². The molecule has 2 N–H and O–H groups in total. The summed E-state index contributed by atoms with van der Waals surface area (Å²) in [5.41, 5.74) is 4.38. The molecule has 0 saturated heterocycles. The minimum atomic E-state index is -0.476. The van der Waals surface area contributed by atoms with Crippen LogP contribution in [-0.2, 0) is 0 Å². The molecule has 0 radical (unpaired) electrons. The molecule has 268 valence electrons. The van der Waals surface area contributed by atoms with Crippen molar-refractivity contribution < 1.29 is 14.0 Å². The zero-order valence-corrected chi connectivity index (χ0v) is 30.4. The monoisotopic (exact) mass is 707 g/mol. The molecule has 0 fully saturated rings. The fourth-order valence-corrected chi connectivity index (χ4v) is 6.10. The topological polar surface area (TPSA) is 134 Å². The Morgan fingerprint density at radius 1 is 0.698 bits per heavy atom. The van der Waals surface area contributed by atoms with Crippen LogP contribution in [0.3, 0.4) is 0 Å². The molecule has 0 unspecified atom stereocenters. The van der Waals surface area contributed by atoms with Gasteiger partial charge in [0.15, 0.2) is 11.2 Å². The predicted octanol–water partition coefficient (Wildman–Crippen LogP) is 7.55. The zero-order valence-electron chi connectivity index (χ0n) is 30.4. The van der Waals surface area contributed by atoms with Crippen LogP contribution in [0.25, 0.3) is 44.0 Å². The highest BCUT2D eigenvalue weighted by Crippen LogP contribution is 2.34. The number of amides is 2. The second-order valence-corrected chi connectivity index (χ2v) is 12.8. The van der Waals surface area contributed by atoms with Crippen molar-refractivity contribution in [2.45, 2.75) is 19.8 Å². The molecule has 0 atom stereocenters. The fraction of sp³-hybridized carbons (Fsp3) is 0.190. The average Bonchev–Trinajstić information content (AvgIpc) is 3.17. The molecule has 0 spiro atoms. The third-order valence-corrected chi connectivity index (χ3v) is 8.72. The number of aromatic nitrogens is 3. The number of rotatable bonds is 9. The second-order valence-electron chi connectivity index (χ2n) is 12.8. The van der Waals surface area contributed by atoms with Gasteiger partial charge in [0.1, 0.15) is 5.52 Å². The number of benzene rings is 4. The number of hydrogen-bond donors (Lipinski definition) is 2. The van der Waals surface area contributed by atoms with Gasteiger partial charge in [-0.15, -0.1) is 0 Å². The summed E-state index contributed by atoms with van der Waals surface area (Å²) in [7, 11) is 7.95. The first-order valence-corrected chi connectivity index (χ1v) is 17.4. The first kappa shape index (κ1) is 36.2. The Kier molecular flexibility index (Phi) is 11.0. The first-order chi connectivity index (χ1) is 25.7. The highest BCUT2D eigenvalue weighted by Gasteiger charge is 2.18. The van der Waals surface area contributed by atoms with E-state index in [0.29, 0.717) is 29.2 Å². The Balaban J connectivity index is 0.000000184. The van der Waals surface area contributed by atoms with Crippen LogP contribution < -0.4 is 26.1 Å². The van der Waals surface area contributed by atoms with Gasteiger partial charge in [0, 0.05) is 80.4 Å². The Hall–Kier alpha value is -6.62. The van der Waals surface area contributed by atoms with Crippen molar-refractivity contribution in [2.75, 3.05) is 49.9 Å². The number of hydrogen-bond acceptors (Lipinski definition) is 9. The number of pyridine rings is 2. The Labute approximate surface area is 307 Å². The van der Waals surface area contributed by atoms with E-state index in [2.05, 4.69) is 43.5 Å². The smallest absolute Gasteiger partial charge is 0.365 e. The van der Waals surface area contributed by atoms with Gasteiger partial charge in [0.2, 0.25) is 5.89 Å². The van der Waals surface area contributed by atoms with Crippen molar-refractivity contribution in [1.29, 1.82) is 0 Å². The molecule has 7 rings (SSSR count). The van der Waals surface area contributed by atoms with Crippen LogP contribution in [0.5, 0.6) is 0 Å². The van der Waals surface area contributed by atoms with Crippen LogP contribution in [0.4, 0.5) is 17.1 Å². The number of carbonyl (C=O) groups excluding carboxylic acids is 2. The molecule has 11 nitrogen and oxygen atoms in total. The maximum absolute atomic E-state index is 13.1.